The number of benzene rings is 1. The van der Waals surface area contributed by atoms with Crippen LogP contribution < -0.4 is 9.64 Å². The van der Waals surface area contributed by atoms with Gasteiger partial charge in [-0.2, -0.15) is 0 Å². The molecule has 2 rings (SSSR count). The molecule has 4 nitrogen and oxygen atoms in total. The van der Waals surface area contributed by atoms with Gasteiger partial charge in [-0.05, 0) is 17.7 Å². The number of methoxy groups -OCH3 is 1. The minimum Gasteiger partial charge on any atom is -0.497 e. The molecule has 0 aliphatic carbocycles. The SMILES string of the molecule is COc1cccc(CN(C)c2cc(Cl)ncn2)c1. The maximum Gasteiger partial charge on any atom is 0.134 e. The molecule has 5 heteroatoms. The van der Waals surface area contributed by atoms with Gasteiger partial charge in [-0.1, -0.05) is 23.7 Å². The van der Waals surface area contributed by atoms with Crippen LogP contribution in [0, 0.1) is 0 Å². The van der Waals surface area contributed by atoms with Crippen molar-refractivity contribution in [3.8, 4) is 5.75 Å². The Morgan fingerprint density at radius 1 is 1.28 bits per heavy atom. The zero-order chi connectivity index (χ0) is 13.0. The van der Waals surface area contributed by atoms with Crippen molar-refractivity contribution in [3.63, 3.8) is 0 Å². The zero-order valence-corrected chi connectivity index (χ0v) is 11.1. The second kappa shape index (κ2) is 5.69. The number of aromatic nitrogens is 2. The Kier molecular flexibility index (Phi) is 3.99. The molecule has 94 valence electrons. The Bertz CT molecular complexity index is 533. The van der Waals surface area contributed by atoms with E-state index in [0.717, 1.165) is 23.7 Å². The van der Waals surface area contributed by atoms with Gasteiger partial charge in [0.15, 0.2) is 0 Å². The Morgan fingerprint density at radius 2 is 2.11 bits per heavy atom. The third-order valence-corrected chi connectivity index (χ3v) is 2.77. The lowest BCUT2D eigenvalue weighted by Crippen LogP contribution is -2.17. The van der Waals surface area contributed by atoms with Crippen LogP contribution >= 0.6 is 11.6 Å². The maximum atomic E-state index is 5.84. The summed E-state index contributed by atoms with van der Waals surface area (Å²) in [6, 6.07) is 9.67. The van der Waals surface area contributed by atoms with E-state index >= 15 is 0 Å². The van der Waals surface area contributed by atoms with Gasteiger partial charge in [0, 0.05) is 19.7 Å². The largest absolute Gasteiger partial charge is 0.497 e. The van der Waals surface area contributed by atoms with Crippen LogP contribution in [0.1, 0.15) is 5.56 Å². The molecule has 0 spiro atoms. The minimum absolute atomic E-state index is 0.442. The fourth-order valence-corrected chi connectivity index (χ4v) is 1.80. The molecule has 0 bridgehead atoms. The highest BCUT2D eigenvalue weighted by Gasteiger charge is 2.05. The highest BCUT2D eigenvalue weighted by Crippen LogP contribution is 2.18. The molecule has 0 aliphatic heterocycles. The first-order valence-corrected chi connectivity index (χ1v) is 5.88. The van der Waals surface area contributed by atoms with Gasteiger partial charge in [0.1, 0.15) is 23.0 Å². The van der Waals surface area contributed by atoms with E-state index in [2.05, 4.69) is 9.97 Å². The lowest BCUT2D eigenvalue weighted by molar-refractivity contribution is 0.414. The summed E-state index contributed by atoms with van der Waals surface area (Å²) in [5, 5.41) is 0.442. The first kappa shape index (κ1) is 12.6. The standard InChI is InChI=1S/C13H14ClN3O/c1-17(13-7-12(14)15-9-16-13)8-10-4-3-5-11(6-10)18-2/h3-7,9H,8H2,1-2H3. The summed E-state index contributed by atoms with van der Waals surface area (Å²) >= 11 is 5.84. The predicted molar refractivity (Wildman–Crippen MR) is 72.1 cm³/mol. The fraction of sp³-hybridized carbons (Fsp3) is 0.231. The van der Waals surface area contributed by atoms with Crippen LogP contribution in [0.15, 0.2) is 36.7 Å². The number of hydrogen-bond donors (Lipinski definition) is 0. The summed E-state index contributed by atoms with van der Waals surface area (Å²) in [7, 11) is 3.62. The van der Waals surface area contributed by atoms with Gasteiger partial charge in [0.25, 0.3) is 0 Å². The van der Waals surface area contributed by atoms with Crippen molar-refractivity contribution in [2.75, 3.05) is 19.1 Å². The average molecular weight is 264 g/mol. The first-order valence-electron chi connectivity index (χ1n) is 5.50. The number of anilines is 1. The summed E-state index contributed by atoms with van der Waals surface area (Å²) in [6.45, 7) is 0.727. The molecular weight excluding hydrogens is 250 g/mol. The predicted octanol–water partition coefficient (Wildman–Crippen LogP) is 2.78. The molecule has 0 amide bonds. The monoisotopic (exact) mass is 263 g/mol. The number of ether oxygens (including phenoxy) is 1. The summed E-state index contributed by atoms with van der Waals surface area (Å²) in [6.07, 6.45) is 1.46. The van der Waals surface area contributed by atoms with E-state index in [9.17, 15) is 0 Å². The van der Waals surface area contributed by atoms with E-state index in [1.807, 2.05) is 36.2 Å². The van der Waals surface area contributed by atoms with Crippen LogP contribution in [-0.4, -0.2) is 24.1 Å². The van der Waals surface area contributed by atoms with Gasteiger partial charge in [-0.25, -0.2) is 9.97 Å². The Labute approximate surface area is 111 Å². The summed E-state index contributed by atoms with van der Waals surface area (Å²) in [5.74, 6) is 1.64. The van der Waals surface area contributed by atoms with Crippen molar-refractivity contribution in [1.29, 1.82) is 0 Å². The molecule has 0 N–H and O–H groups in total. The van der Waals surface area contributed by atoms with Gasteiger partial charge in [0.2, 0.25) is 0 Å². The Balaban J connectivity index is 2.13. The second-order valence-corrected chi connectivity index (χ2v) is 4.29. The van der Waals surface area contributed by atoms with Gasteiger partial charge < -0.3 is 9.64 Å². The minimum atomic E-state index is 0.442. The topological polar surface area (TPSA) is 38.2 Å². The van der Waals surface area contributed by atoms with Crippen LogP contribution in [0.25, 0.3) is 0 Å². The lowest BCUT2D eigenvalue weighted by atomic mass is 10.2. The maximum absolute atomic E-state index is 5.84. The van der Waals surface area contributed by atoms with Crippen molar-refractivity contribution in [3.05, 3.63) is 47.4 Å². The number of hydrogen-bond acceptors (Lipinski definition) is 4. The van der Waals surface area contributed by atoms with Crippen molar-refractivity contribution < 1.29 is 4.74 Å². The van der Waals surface area contributed by atoms with E-state index < -0.39 is 0 Å². The molecule has 18 heavy (non-hydrogen) atoms. The van der Waals surface area contributed by atoms with Crippen molar-refractivity contribution >= 4 is 17.4 Å². The summed E-state index contributed by atoms with van der Waals surface area (Å²) in [4.78, 5) is 10.0. The average Bonchev–Trinajstić information content (AvgIpc) is 2.39. The van der Waals surface area contributed by atoms with Crippen molar-refractivity contribution in [2.24, 2.45) is 0 Å². The Morgan fingerprint density at radius 3 is 2.83 bits per heavy atom. The summed E-state index contributed by atoms with van der Waals surface area (Å²) < 4.78 is 5.20. The Hall–Kier alpha value is -1.81. The molecule has 0 radical (unpaired) electrons. The van der Waals surface area contributed by atoms with E-state index in [0.29, 0.717) is 5.15 Å². The molecule has 0 saturated carbocycles. The summed E-state index contributed by atoms with van der Waals surface area (Å²) in [5.41, 5.74) is 1.14. The molecule has 1 heterocycles. The highest BCUT2D eigenvalue weighted by molar-refractivity contribution is 6.29. The molecule has 0 atom stereocenters. The molecule has 0 saturated heterocycles. The van der Waals surface area contributed by atoms with E-state index in [4.69, 9.17) is 16.3 Å². The smallest absolute Gasteiger partial charge is 0.134 e. The molecule has 1 aromatic heterocycles. The molecule has 0 unspecified atom stereocenters. The van der Waals surface area contributed by atoms with E-state index in [-0.39, 0.29) is 0 Å². The van der Waals surface area contributed by atoms with Crippen LogP contribution in [-0.2, 0) is 6.54 Å². The fourth-order valence-electron chi connectivity index (χ4n) is 1.66. The number of nitrogens with zero attached hydrogens (tertiary/aromatic N) is 3. The highest BCUT2D eigenvalue weighted by atomic mass is 35.5. The number of halogens is 1. The van der Waals surface area contributed by atoms with Gasteiger partial charge in [-0.3, -0.25) is 0 Å². The normalized spacial score (nSPS) is 10.2. The van der Waals surface area contributed by atoms with E-state index in [1.165, 1.54) is 6.33 Å². The zero-order valence-electron chi connectivity index (χ0n) is 10.3. The van der Waals surface area contributed by atoms with Crippen LogP contribution in [0.2, 0.25) is 5.15 Å². The third-order valence-electron chi connectivity index (χ3n) is 2.56. The first-order chi connectivity index (χ1) is 8.69. The van der Waals surface area contributed by atoms with Crippen molar-refractivity contribution in [1.82, 2.24) is 9.97 Å². The third kappa shape index (κ3) is 3.11. The molecular formula is C13H14ClN3O. The second-order valence-electron chi connectivity index (χ2n) is 3.91. The quantitative estimate of drug-likeness (QED) is 0.795. The van der Waals surface area contributed by atoms with Crippen LogP contribution in [0.3, 0.4) is 0 Å². The van der Waals surface area contributed by atoms with E-state index in [1.54, 1.807) is 13.2 Å². The van der Waals surface area contributed by atoms with Gasteiger partial charge in [-0.15, -0.1) is 0 Å². The van der Waals surface area contributed by atoms with Crippen LogP contribution in [0.4, 0.5) is 5.82 Å². The molecule has 2 aromatic rings. The van der Waals surface area contributed by atoms with Gasteiger partial charge >= 0.3 is 0 Å². The van der Waals surface area contributed by atoms with Gasteiger partial charge in [0.05, 0.1) is 7.11 Å². The lowest BCUT2D eigenvalue weighted by Gasteiger charge is -2.18. The molecule has 0 fully saturated rings. The van der Waals surface area contributed by atoms with Crippen molar-refractivity contribution in [2.45, 2.75) is 6.54 Å². The molecule has 0 aliphatic rings. The molecule has 1 aromatic carbocycles. The number of rotatable bonds is 4. The van der Waals surface area contributed by atoms with Crippen LogP contribution in [0.5, 0.6) is 5.75 Å².